The maximum atomic E-state index is 5.66. The minimum absolute atomic E-state index is 0.603. The van der Waals surface area contributed by atoms with E-state index in [2.05, 4.69) is 11.4 Å². The maximum Gasteiger partial charge on any atom is 0.161 e. The van der Waals surface area contributed by atoms with Crippen molar-refractivity contribution in [1.82, 2.24) is 5.32 Å². The van der Waals surface area contributed by atoms with E-state index in [0.29, 0.717) is 19.8 Å². The molecule has 21 heavy (non-hydrogen) atoms. The number of rotatable bonds is 11. The molecule has 0 aliphatic carbocycles. The second-order valence-corrected chi connectivity index (χ2v) is 4.28. The Kier molecular flexibility index (Phi) is 9.87. The Labute approximate surface area is 127 Å². The van der Waals surface area contributed by atoms with Crippen LogP contribution < -0.4 is 14.8 Å². The van der Waals surface area contributed by atoms with E-state index in [9.17, 15) is 0 Å². The zero-order valence-corrected chi connectivity index (χ0v) is 12.9. The molecule has 4 nitrogen and oxygen atoms in total. The lowest BCUT2D eigenvalue weighted by Crippen LogP contribution is -2.21. The van der Waals surface area contributed by atoms with E-state index < -0.39 is 0 Å². The SMILES string of the molecule is C/C=C/COC/C=C/CNCCOc1ccccc1OC. The Morgan fingerprint density at radius 2 is 1.81 bits per heavy atom. The van der Waals surface area contributed by atoms with Crippen LogP contribution in [0.15, 0.2) is 48.6 Å². The molecule has 0 bridgehead atoms. The second-order valence-electron chi connectivity index (χ2n) is 4.28. The number of methoxy groups -OCH3 is 1. The van der Waals surface area contributed by atoms with Gasteiger partial charge in [0.05, 0.1) is 20.3 Å². The van der Waals surface area contributed by atoms with Gasteiger partial charge >= 0.3 is 0 Å². The van der Waals surface area contributed by atoms with Crippen molar-refractivity contribution >= 4 is 0 Å². The molecule has 0 aliphatic heterocycles. The zero-order valence-electron chi connectivity index (χ0n) is 12.9. The fraction of sp³-hybridized carbons (Fsp3) is 0.412. The van der Waals surface area contributed by atoms with Gasteiger partial charge in [0.25, 0.3) is 0 Å². The number of nitrogens with one attached hydrogen (secondary N) is 1. The van der Waals surface area contributed by atoms with Gasteiger partial charge < -0.3 is 19.5 Å². The van der Waals surface area contributed by atoms with Crippen LogP contribution in [0.3, 0.4) is 0 Å². The van der Waals surface area contributed by atoms with Crippen LogP contribution >= 0.6 is 0 Å². The molecule has 0 heterocycles. The highest BCUT2D eigenvalue weighted by Crippen LogP contribution is 2.25. The predicted octanol–water partition coefficient (Wildman–Crippen LogP) is 2.81. The Bertz CT molecular complexity index is 430. The lowest BCUT2D eigenvalue weighted by molar-refractivity contribution is 0.193. The molecule has 0 radical (unpaired) electrons. The molecule has 0 aliphatic rings. The van der Waals surface area contributed by atoms with Gasteiger partial charge in [-0.3, -0.25) is 0 Å². The first kappa shape index (κ1) is 17.3. The summed E-state index contributed by atoms with van der Waals surface area (Å²) in [7, 11) is 1.64. The van der Waals surface area contributed by atoms with Crippen molar-refractivity contribution in [2.75, 3.05) is 40.0 Å². The van der Waals surface area contributed by atoms with Crippen molar-refractivity contribution in [3.8, 4) is 11.5 Å². The zero-order chi connectivity index (χ0) is 15.2. The first-order valence-electron chi connectivity index (χ1n) is 7.19. The van der Waals surface area contributed by atoms with Crippen molar-refractivity contribution in [2.45, 2.75) is 6.92 Å². The van der Waals surface area contributed by atoms with Crippen LogP contribution in [0.2, 0.25) is 0 Å². The fourth-order valence-electron chi connectivity index (χ4n) is 1.61. The molecule has 0 spiro atoms. The van der Waals surface area contributed by atoms with Crippen molar-refractivity contribution in [3.05, 3.63) is 48.6 Å². The van der Waals surface area contributed by atoms with Gasteiger partial charge in [-0.25, -0.2) is 0 Å². The molecule has 0 atom stereocenters. The largest absolute Gasteiger partial charge is 0.493 e. The minimum Gasteiger partial charge on any atom is -0.493 e. The van der Waals surface area contributed by atoms with E-state index in [1.165, 1.54) is 0 Å². The summed E-state index contributed by atoms with van der Waals surface area (Å²) in [6, 6.07) is 7.65. The average Bonchev–Trinajstić information content (AvgIpc) is 2.53. The molecule has 1 rings (SSSR count). The quantitative estimate of drug-likeness (QED) is 0.503. The van der Waals surface area contributed by atoms with Gasteiger partial charge in [-0.05, 0) is 19.1 Å². The number of hydrogen-bond donors (Lipinski definition) is 1. The van der Waals surface area contributed by atoms with Gasteiger partial charge in [0.15, 0.2) is 11.5 Å². The average molecular weight is 291 g/mol. The maximum absolute atomic E-state index is 5.66. The molecule has 4 heteroatoms. The van der Waals surface area contributed by atoms with Gasteiger partial charge in [-0.1, -0.05) is 36.4 Å². The van der Waals surface area contributed by atoms with E-state index in [1.54, 1.807) is 7.11 Å². The van der Waals surface area contributed by atoms with Crippen LogP contribution in [0.25, 0.3) is 0 Å². The summed E-state index contributed by atoms with van der Waals surface area (Å²) in [4.78, 5) is 0. The molecular weight excluding hydrogens is 266 g/mol. The normalized spacial score (nSPS) is 11.3. The molecule has 0 saturated carbocycles. The second kappa shape index (κ2) is 12.0. The third-order valence-electron chi connectivity index (χ3n) is 2.70. The van der Waals surface area contributed by atoms with E-state index in [4.69, 9.17) is 14.2 Å². The highest BCUT2D eigenvalue weighted by molar-refractivity contribution is 5.39. The van der Waals surface area contributed by atoms with Crippen LogP contribution in [0, 0.1) is 0 Å². The summed E-state index contributed by atoms with van der Waals surface area (Å²) < 4.78 is 16.2. The molecule has 0 aromatic heterocycles. The third-order valence-corrected chi connectivity index (χ3v) is 2.70. The summed E-state index contributed by atoms with van der Waals surface area (Å²) in [5.74, 6) is 1.53. The molecular formula is C17H25NO3. The molecule has 0 fully saturated rings. The number of benzene rings is 1. The van der Waals surface area contributed by atoms with E-state index in [-0.39, 0.29) is 0 Å². The Balaban J connectivity index is 2.03. The van der Waals surface area contributed by atoms with Gasteiger partial charge in [0.2, 0.25) is 0 Å². The van der Waals surface area contributed by atoms with Crippen LogP contribution in [-0.2, 0) is 4.74 Å². The highest BCUT2D eigenvalue weighted by atomic mass is 16.5. The first-order valence-corrected chi connectivity index (χ1v) is 7.19. The van der Waals surface area contributed by atoms with Crippen LogP contribution in [-0.4, -0.2) is 40.0 Å². The lowest BCUT2D eigenvalue weighted by Gasteiger charge is -2.10. The third kappa shape index (κ3) is 8.17. The number of ether oxygens (including phenoxy) is 3. The number of allylic oxidation sites excluding steroid dienone is 1. The Morgan fingerprint density at radius 3 is 2.57 bits per heavy atom. The molecule has 0 amide bonds. The first-order chi connectivity index (χ1) is 10.4. The molecule has 116 valence electrons. The van der Waals surface area contributed by atoms with Crippen LogP contribution in [0.5, 0.6) is 11.5 Å². The number of hydrogen-bond acceptors (Lipinski definition) is 4. The minimum atomic E-state index is 0.603. The van der Waals surface area contributed by atoms with Gasteiger partial charge in [0.1, 0.15) is 6.61 Å². The fourth-order valence-corrected chi connectivity index (χ4v) is 1.61. The van der Waals surface area contributed by atoms with Crippen molar-refractivity contribution in [2.24, 2.45) is 0 Å². The van der Waals surface area contributed by atoms with Crippen molar-refractivity contribution in [3.63, 3.8) is 0 Å². The number of para-hydroxylation sites is 2. The highest BCUT2D eigenvalue weighted by Gasteiger charge is 2.00. The summed E-state index contributed by atoms with van der Waals surface area (Å²) in [6.07, 6.45) is 8.03. The Morgan fingerprint density at radius 1 is 1.05 bits per heavy atom. The van der Waals surface area contributed by atoms with E-state index >= 15 is 0 Å². The van der Waals surface area contributed by atoms with Crippen molar-refractivity contribution in [1.29, 1.82) is 0 Å². The monoisotopic (exact) mass is 291 g/mol. The van der Waals surface area contributed by atoms with Crippen LogP contribution in [0.1, 0.15) is 6.92 Å². The summed E-state index contributed by atoms with van der Waals surface area (Å²) in [6.45, 7) is 5.48. The van der Waals surface area contributed by atoms with Gasteiger partial charge in [-0.15, -0.1) is 0 Å². The molecule has 1 N–H and O–H groups in total. The summed E-state index contributed by atoms with van der Waals surface area (Å²) in [5, 5.41) is 3.27. The smallest absolute Gasteiger partial charge is 0.161 e. The lowest BCUT2D eigenvalue weighted by atomic mass is 10.3. The Hall–Kier alpha value is -1.78. The summed E-state index contributed by atoms with van der Waals surface area (Å²) >= 11 is 0. The van der Waals surface area contributed by atoms with Gasteiger partial charge in [-0.2, -0.15) is 0 Å². The van der Waals surface area contributed by atoms with Gasteiger partial charge in [0, 0.05) is 13.1 Å². The standard InChI is InChI=1S/C17H25NO3/c1-3-4-13-20-14-8-7-11-18-12-15-21-17-10-6-5-9-16(17)19-2/h3-10,18H,11-15H2,1-2H3/b4-3+,8-7+. The molecule has 0 unspecified atom stereocenters. The molecule has 1 aromatic carbocycles. The topological polar surface area (TPSA) is 39.7 Å². The summed E-state index contributed by atoms with van der Waals surface area (Å²) in [5.41, 5.74) is 0. The van der Waals surface area contributed by atoms with E-state index in [1.807, 2.05) is 49.4 Å². The van der Waals surface area contributed by atoms with E-state index in [0.717, 1.165) is 24.6 Å². The van der Waals surface area contributed by atoms with Crippen molar-refractivity contribution < 1.29 is 14.2 Å². The molecule has 0 saturated heterocycles. The molecule has 1 aromatic rings. The predicted molar refractivity (Wildman–Crippen MR) is 86.1 cm³/mol. The van der Waals surface area contributed by atoms with Crippen LogP contribution in [0.4, 0.5) is 0 Å².